The summed E-state index contributed by atoms with van der Waals surface area (Å²) in [5, 5.41) is 2.83. The number of nitrogens with one attached hydrogen (secondary N) is 1. The Bertz CT molecular complexity index is 973. The molecule has 0 saturated carbocycles. The van der Waals surface area contributed by atoms with Gasteiger partial charge >= 0.3 is 0 Å². The van der Waals surface area contributed by atoms with Crippen LogP contribution in [0.1, 0.15) is 18.4 Å². The molecular formula is C22H22N2O4S2. The molecular weight excluding hydrogens is 420 g/mol. The van der Waals surface area contributed by atoms with Crippen LogP contribution in [-0.4, -0.2) is 41.8 Å². The maximum atomic E-state index is 12.7. The van der Waals surface area contributed by atoms with Crippen molar-refractivity contribution in [1.82, 2.24) is 4.90 Å². The van der Waals surface area contributed by atoms with Crippen LogP contribution < -0.4 is 14.8 Å². The Labute approximate surface area is 185 Å². The molecule has 0 radical (unpaired) electrons. The summed E-state index contributed by atoms with van der Waals surface area (Å²) >= 11 is 6.62. The molecule has 2 aromatic rings. The van der Waals surface area contributed by atoms with E-state index in [4.69, 9.17) is 21.7 Å². The number of ether oxygens (including phenoxy) is 2. The lowest BCUT2D eigenvalue weighted by molar-refractivity contribution is -0.122. The highest BCUT2D eigenvalue weighted by atomic mass is 32.2. The van der Waals surface area contributed by atoms with Crippen molar-refractivity contribution in [2.75, 3.05) is 26.1 Å². The zero-order valence-electron chi connectivity index (χ0n) is 16.7. The van der Waals surface area contributed by atoms with E-state index < -0.39 is 0 Å². The number of nitrogens with zero attached hydrogens (tertiary/aromatic N) is 1. The molecule has 2 aromatic carbocycles. The molecule has 3 rings (SSSR count). The van der Waals surface area contributed by atoms with Crippen molar-refractivity contribution in [2.45, 2.75) is 12.8 Å². The molecule has 1 fully saturated rings. The number of benzene rings is 2. The number of methoxy groups -OCH3 is 2. The second kappa shape index (κ2) is 10.3. The van der Waals surface area contributed by atoms with Crippen LogP contribution in [0.2, 0.25) is 0 Å². The van der Waals surface area contributed by atoms with Gasteiger partial charge in [0.05, 0.1) is 19.1 Å². The molecule has 6 nitrogen and oxygen atoms in total. The van der Waals surface area contributed by atoms with Crippen molar-refractivity contribution in [3.63, 3.8) is 0 Å². The molecule has 0 unspecified atom stereocenters. The summed E-state index contributed by atoms with van der Waals surface area (Å²) in [6.07, 6.45) is 2.58. The van der Waals surface area contributed by atoms with Crippen molar-refractivity contribution < 1.29 is 19.1 Å². The molecule has 0 atom stereocenters. The fourth-order valence-electron chi connectivity index (χ4n) is 2.92. The topological polar surface area (TPSA) is 67.9 Å². The third-order valence-corrected chi connectivity index (χ3v) is 5.84. The summed E-state index contributed by atoms with van der Waals surface area (Å²) in [4.78, 5) is 27.0. The van der Waals surface area contributed by atoms with Gasteiger partial charge in [-0.15, -0.1) is 0 Å². The quantitative estimate of drug-likeness (QED) is 0.485. The van der Waals surface area contributed by atoms with E-state index in [0.717, 1.165) is 11.3 Å². The number of carbonyl (C=O) groups excluding carboxylic acids is 2. The van der Waals surface area contributed by atoms with Crippen LogP contribution in [0.4, 0.5) is 5.69 Å². The summed E-state index contributed by atoms with van der Waals surface area (Å²) in [6.45, 7) is 0.393. The average molecular weight is 443 g/mol. The highest BCUT2D eigenvalue weighted by Gasteiger charge is 2.31. The molecule has 156 valence electrons. The zero-order chi connectivity index (χ0) is 21.5. The van der Waals surface area contributed by atoms with Crippen molar-refractivity contribution in [3.05, 3.63) is 59.0 Å². The molecule has 0 aromatic heterocycles. The molecule has 1 heterocycles. The fraction of sp³-hybridized carbons (Fsp3) is 0.227. The predicted octanol–water partition coefficient (Wildman–Crippen LogP) is 4.32. The minimum Gasteiger partial charge on any atom is -0.497 e. The normalized spacial score (nSPS) is 14.9. The number of para-hydroxylation sites is 1. The van der Waals surface area contributed by atoms with E-state index in [1.165, 1.54) is 11.8 Å². The lowest BCUT2D eigenvalue weighted by atomic mass is 10.2. The molecule has 0 spiro atoms. The third kappa shape index (κ3) is 5.40. The summed E-state index contributed by atoms with van der Waals surface area (Å²) in [5.74, 6) is 1.16. The minimum atomic E-state index is -0.147. The van der Waals surface area contributed by atoms with Gasteiger partial charge in [0.1, 0.15) is 15.8 Å². The van der Waals surface area contributed by atoms with Crippen LogP contribution in [0.25, 0.3) is 6.08 Å². The van der Waals surface area contributed by atoms with Crippen molar-refractivity contribution in [3.8, 4) is 11.5 Å². The Hall–Kier alpha value is -2.84. The average Bonchev–Trinajstić information content (AvgIpc) is 3.02. The molecule has 1 aliphatic heterocycles. The molecule has 2 amide bonds. The summed E-state index contributed by atoms with van der Waals surface area (Å²) in [7, 11) is 3.18. The number of thioether (sulfide) groups is 1. The molecule has 1 N–H and O–H groups in total. The molecule has 8 heteroatoms. The molecule has 30 heavy (non-hydrogen) atoms. The number of anilines is 1. The summed E-state index contributed by atoms with van der Waals surface area (Å²) < 4.78 is 10.9. The van der Waals surface area contributed by atoms with Crippen LogP contribution in [0.3, 0.4) is 0 Å². The number of carbonyl (C=O) groups is 2. The SMILES string of the molecule is COc1ccc(NC(=O)CCCN2C(=O)/C(=C/c3ccccc3OC)SC2=S)cc1. The minimum absolute atomic E-state index is 0.116. The van der Waals surface area contributed by atoms with Crippen LogP contribution in [-0.2, 0) is 9.59 Å². The second-order valence-corrected chi connectivity index (χ2v) is 8.13. The van der Waals surface area contributed by atoms with E-state index in [1.54, 1.807) is 49.5 Å². The molecule has 1 saturated heterocycles. The fourth-order valence-corrected chi connectivity index (χ4v) is 4.21. The first-order valence-corrected chi connectivity index (χ1v) is 10.6. The molecule has 0 aliphatic carbocycles. The number of rotatable bonds is 8. The van der Waals surface area contributed by atoms with E-state index in [1.807, 2.05) is 24.3 Å². The Morgan fingerprint density at radius 2 is 1.87 bits per heavy atom. The third-order valence-electron chi connectivity index (χ3n) is 4.46. The predicted molar refractivity (Wildman–Crippen MR) is 124 cm³/mol. The summed E-state index contributed by atoms with van der Waals surface area (Å²) in [5.41, 5.74) is 1.52. The summed E-state index contributed by atoms with van der Waals surface area (Å²) in [6, 6.07) is 14.6. The Kier molecular flexibility index (Phi) is 7.48. The van der Waals surface area contributed by atoms with Gasteiger partial charge in [0.25, 0.3) is 5.91 Å². The van der Waals surface area contributed by atoms with E-state index in [-0.39, 0.29) is 18.2 Å². The van der Waals surface area contributed by atoms with E-state index in [9.17, 15) is 9.59 Å². The maximum absolute atomic E-state index is 12.7. The van der Waals surface area contributed by atoms with Gasteiger partial charge in [-0.1, -0.05) is 42.2 Å². The van der Waals surface area contributed by atoms with Crippen LogP contribution >= 0.6 is 24.0 Å². The Morgan fingerprint density at radius 1 is 1.13 bits per heavy atom. The van der Waals surface area contributed by atoms with Gasteiger partial charge in [0, 0.05) is 24.2 Å². The first-order chi connectivity index (χ1) is 14.5. The van der Waals surface area contributed by atoms with Gasteiger partial charge in [-0.05, 0) is 42.8 Å². The number of hydrogen-bond acceptors (Lipinski definition) is 6. The van der Waals surface area contributed by atoms with E-state index in [0.29, 0.717) is 33.6 Å². The number of hydrogen-bond donors (Lipinski definition) is 1. The van der Waals surface area contributed by atoms with Crippen molar-refractivity contribution >= 4 is 51.9 Å². The second-order valence-electron chi connectivity index (χ2n) is 6.46. The van der Waals surface area contributed by atoms with Crippen molar-refractivity contribution in [1.29, 1.82) is 0 Å². The smallest absolute Gasteiger partial charge is 0.266 e. The van der Waals surface area contributed by atoms with Crippen LogP contribution in [0, 0.1) is 0 Å². The van der Waals surface area contributed by atoms with Gasteiger partial charge in [-0.3, -0.25) is 14.5 Å². The van der Waals surface area contributed by atoms with Crippen molar-refractivity contribution in [2.24, 2.45) is 0 Å². The maximum Gasteiger partial charge on any atom is 0.266 e. The number of thiocarbonyl (C=S) groups is 1. The molecule has 0 bridgehead atoms. The lowest BCUT2D eigenvalue weighted by Gasteiger charge is -2.14. The van der Waals surface area contributed by atoms with Gasteiger partial charge < -0.3 is 14.8 Å². The van der Waals surface area contributed by atoms with E-state index in [2.05, 4.69) is 5.32 Å². The Morgan fingerprint density at radius 3 is 2.57 bits per heavy atom. The highest BCUT2D eigenvalue weighted by molar-refractivity contribution is 8.26. The van der Waals surface area contributed by atoms with Gasteiger partial charge in [-0.25, -0.2) is 0 Å². The first kappa shape index (κ1) is 21.9. The van der Waals surface area contributed by atoms with E-state index >= 15 is 0 Å². The largest absolute Gasteiger partial charge is 0.497 e. The monoisotopic (exact) mass is 442 g/mol. The van der Waals surface area contributed by atoms with Crippen LogP contribution in [0.5, 0.6) is 11.5 Å². The van der Waals surface area contributed by atoms with Gasteiger partial charge in [-0.2, -0.15) is 0 Å². The standard InChI is InChI=1S/C22H22N2O4S2/c1-27-17-11-9-16(10-12-17)23-20(25)8-5-13-24-21(26)19(30-22(24)29)14-15-6-3-4-7-18(15)28-2/h3-4,6-7,9-12,14H,5,8,13H2,1-2H3,(H,23,25)/b19-14-. The lowest BCUT2D eigenvalue weighted by Crippen LogP contribution is -2.29. The Balaban J connectivity index is 1.54. The van der Waals surface area contributed by atoms with Gasteiger partial charge in [0.15, 0.2) is 0 Å². The van der Waals surface area contributed by atoms with Crippen LogP contribution in [0.15, 0.2) is 53.4 Å². The zero-order valence-corrected chi connectivity index (χ0v) is 18.3. The first-order valence-electron chi connectivity index (χ1n) is 9.34. The highest BCUT2D eigenvalue weighted by Crippen LogP contribution is 2.34. The van der Waals surface area contributed by atoms with Gasteiger partial charge in [0.2, 0.25) is 5.91 Å². The molecule has 1 aliphatic rings. The number of amides is 2.